The van der Waals surface area contributed by atoms with Crippen LogP contribution in [-0.2, 0) is 11.2 Å². The number of fused-ring (bicyclic) bond motifs is 3. The van der Waals surface area contributed by atoms with Crippen LogP contribution in [0.2, 0.25) is 0 Å². The van der Waals surface area contributed by atoms with E-state index < -0.39 is 0 Å². The Morgan fingerprint density at radius 3 is 2.56 bits per heavy atom. The molecule has 1 atom stereocenters. The molecular weight excluding hydrogens is 338 g/mol. The molecular formula is C22H31N3O2. The molecule has 0 radical (unpaired) electrons. The first-order valence-corrected chi connectivity index (χ1v) is 11.0. The highest BCUT2D eigenvalue weighted by molar-refractivity contribution is 5.77. The highest BCUT2D eigenvalue weighted by atomic mass is 16.5. The van der Waals surface area contributed by atoms with Crippen LogP contribution < -0.4 is 4.74 Å². The molecule has 1 aromatic rings. The molecule has 1 unspecified atom stereocenters. The smallest absolute Gasteiger partial charge is 0.223 e. The molecule has 1 aromatic heterocycles. The van der Waals surface area contributed by atoms with Gasteiger partial charge in [-0.15, -0.1) is 0 Å². The van der Waals surface area contributed by atoms with Gasteiger partial charge in [-0.3, -0.25) is 4.79 Å². The minimum absolute atomic E-state index is 0.232. The number of piperidine rings is 1. The van der Waals surface area contributed by atoms with Crippen LogP contribution in [0, 0.1) is 0 Å². The molecule has 27 heavy (non-hydrogen) atoms. The fourth-order valence-electron chi connectivity index (χ4n) is 5.26. The summed E-state index contributed by atoms with van der Waals surface area (Å²) in [5.74, 6) is 1.10. The van der Waals surface area contributed by atoms with E-state index in [1.807, 2.05) is 6.07 Å². The van der Waals surface area contributed by atoms with Gasteiger partial charge in [0.15, 0.2) is 0 Å². The van der Waals surface area contributed by atoms with Crippen LogP contribution in [-0.4, -0.2) is 52.5 Å². The topological polar surface area (TPSA) is 45.7 Å². The number of carbonyl (C=O) groups excluding carboxylic acids is 1. The fourth-order valence-corrected chi connectivity index (χ4v) is 5.26. The largest absolute Gasteiger partial charge is 0.474 e. The maximum Gasteiger partial charge on any atom is 0.223 e. The number of rotatable bonds is 3. The van der Waals surface area contributed by atoms with E-state index in [1.165, 1.54) is 37.9 Å². The summed E-state index contributed by atoms with van der Waals surface area (Å²) in [6.07, 6.45) is 11.5. The van der Waals surface area contributed by atoms with E-state index in [4.69, 9.17) is 9.72 Å². The summed E-state index contributed by atoms with van der Waals surface area (Å²) in [5, 5.41) is 0. The SMILES string of the molecule is O=C1CCCCC2c3ccc(OC4CCN(C5CCC5)CC4)nc3CCN12. The van der Waals surface area contributed by atoms with Gasteiger partial charge in [0.1, 0.15) is 6.10 Å². The van der Waals surface area contributed by atoms with Crippen molar-refractivity contribution in [1.29, 1.82) is 0 Å². The van der Waals surface area contributed by atoms with Gasteiger partial charge in [0.05, 0.1) is 11.7 Å². The highest BCUT2D eigenvalue weighted by Gasteiger charge is 2.33. The van der Waals surface area contributed by atoms with Crippen molar-refractivity contribution in [3.8, 4) is 5.88 Å². The Balaban J connectivity index is 1.24. The number of amides is 1. The second-order valence-electron chi connectivity index (χ2n) is 8.72. The van der Waals surface area contributed by atoms with Gasteiger partial charge in [-0.05, 0) is 50.2 Å². The van der Waals surface area contributed by atoms with E-state index in [2.05, 4.69) is 15.9 Å². The van der Waals surface area contributed by atoms with Crippen LogP contribution in [0.25, 0.3) is 0 Å². The van der Waals surface area contributed by atoms with E-state index >= 15 is 0 Å². The zero-order valence-corrected chi connectivity index (χ0v) is 16.2. The van der Waals surface area contributed by atoms with Gasteiger partial charge in [-0.2, -0.15) is 0 Å². The molecule has 146 valence electrons. The van der Waals surface area contributed by atoms with Crippen LogP contribution in [0.15, 0.2) is 12.1 Å². The number of ether oxygens (including phenoxy) is 1. The highest BCUT2D eigenvalue weighted by Crippen LogP contribution is 2.36. The van der Waals surface area contributed by atoms with Gasteiger partial charge in [0.2, 0.25) is 11.8 Å². The second kappa shape index (κ2) is 7.42. The summed E-state index contributed by atoms with van der Waals surface area (Å²) >= 11 is 0. The summed E-state index contributed by atoms with van der Waals surface area (Å²) in [6.45, 7) is 3.14. The van der Waals surface area contributed by atoms with E-state index in [0.29, 0.717) is 18.4 Å². The number of carbonyl (C=O) groups is 1. The molecule has 3 aliphatic heterocycles. The molecule has 3 fully saturated rings. The monoisotopic (exact) mass is 369 g/mol. The first-order valence-electron chi connectivity index (χ1n) is 11.0. The lowest BCUT2D eigenvalue weighted by Gasteiger charge is -2.41. The average Bonchev–Trinajstić information content (AvgIpc) is 2.83. The maximum atomic E-state index is 12.4. The van der Waals surface area contributed by atoms with Crippen molar-refractivity contribution >= 4 is 5.91 Å². The summed E-state index contributed by atoms with van der Waals surface area (Å²) in [4.78, 5) is 22.0. The fraction of sp³-hybridized carbons (Fsp3) is 0.727. The number of hydrogen-bond acceptors (Lipinski definition) is 4. The van der Waals surface area contributed by atoms with Gasteiger partial charge in [-0.25, -0.2) is 4.98 Å². The predicted octanol–water partition coefficient (Wildman–Crippen LogP) is 3.48. The second-order valence-corrected chi connectivity index (χ2v) is 8.72. The molecule has 0 bridgehead atoms. The van der Waals surface area contributed by atoms with Crippen molar-refractivity contribution in [2.45, 2.75) is 82.4 Å². The normalized spacial score (nSPS) is 27.5. The summed E-state index contributed by atoms with van der Waals surface area (Å²) in [7, 11) is 0. The third kappa shape index (κ3) is 3.46. The third-order valence-electron chi connectivity index (χ3n) is 7.10. The molecule has 4 aliphatic rings. The minimum atomic E-state index is 0.232. The Kier molecular flexibility index (Phi) is 4.80. The zero-order chi connectivity index (χ0) is 18.2. The quantitative estimate of drug-likeness (QED) is 0.818. The molecule has 1 amide bonds. The van der Waals surface area contributed by atoms with Crippen LogP contribution in [0.3, 0.4) is 0 Å². The van der Waals surface area contributed by atoms with Crippen LogP contribution in [0.5, 0.6) is 5.88 Å². The number of likely N-dealkylation sites (tertiary alicyclic amines) is 1. The van der Waals surface area contributed by atoms with E-state index in [1.54, 1.807) is 0 Å². The lowest BCUT2D eigenvalue weighted by molar-refractivity contribution is -0.133. The molecule has 2 saturated heterocycles. The predicted molar refractivity (Wildman–Crippen MR) is 104 cm³/mol. The molecule has 4 heterocycles. The number of nitrogens with zero attached hydrogens (tertiary/aromatic N) is 3. The van der Waals surface area contributed by atoms with Gasteiger partial charge >= 0.3 is 0 Å². The van der Waals surface area contributed by atoms with Crippen molar-refractivity contribution < 1.29 is 9.53 Å². The maximum absolute atomic E-state index is 12.4. The molecule has 5 nitrogen and oxygen atoms in total. The van der Waals surface area contributed by atoms with Gasteiger partial charge in [0, 0.05) is 44.6 Å². The number of aromatic nitrogens is 1. The van der Waals surface area contributed by atoms with Crippen molar-refractivity contribution in [1.82, 2.24) is 14.8 Å². The van der Waals surface area contributed by atoms with Gasteiger partial charge in [0.25, 0.3) is 0 Å². The Morgan fingerprint density at radius 1 is 0.926 bits per heavy atom. The standard InChI is InChI=1S/C22H31N3O2/c26-22-7-2-1-6-20-18-8-9-21(23-19(18)12-15-25(20)22)27-17-10-13-24(14-11-17)16-4-3-5-16/h8-9,16-17,20H,1-7,10-15H2. The molecule has 0 N–H and O–H groups in total. The van der Waals surface area contributed by atoms with Crippen LogP contribution in [0.1, 0.15) is 75.1 Å². The average molecular weight is 370 g/mol. The molecule has 1 saturated carbocycles. The molecule has 0 spiro atoms. The van der Waals surface area contributed by atoms with Gasteiger partial charge in [-0.1, -0.05) is 12.8 Å². The third-order valence-corrected chi connectivity index (χ3v) is 7.10. The summed E-state index contributed by atoms with van der Waals surface area (Å²) in [6, 6.07) is 5.29. The Bertz CT molecular complexity index is 695. The number of hydrogen-bond donors (Lipinski definition) is 0. The van der Waals surface area contributed by atoms with Gasteiger partial charge < -0.3 is 14.5 Å². The summed E-state index contributed by atoms with van der Waals surface area (Å²) < 4.78 is 6.26. The van der Waals surface area contributed by atoms with E-state index in [9.17, 15) is 4.79 Å². The van der Waals surface area contributed by atoms with E-state index in [-0.39, 0.29) is 6.04 Å². The molecule has 1 aliphatic carbocycles. The number of pyridine rings is 1. The lowest BCUT2D eigenvalue weighted by atomic mass is 9.90. The lowest BCUT2D eigenvalue weighted by Crippen LogP contribution is -2.46. The Labute approximate surface area is 162 Å². The van der Waals surface area contributed by atoms with Crippen molar-refractivity contribution in [3.63, 3.8) is 0 Å². The first kappa shape index (κ1) is 17.5. The van der Waals surface area contributed by atoms with Crippen LogP contribution in [0.4, 0.5) is 0 Å². The molecule has 0 aromatic carbocycles. The van der Waals surface area contributed by atoms with Crippen molar-refractivity contribution in [3.05, 3.63) is 23.4 Å². The van der Waals surface area contributed by atoms with Crippen molar-refractivity contribution in [2.75, 3.05) is 19.6 Å². The minimum Gasteiger partial charge on any atom is -0.474 e. The van der Waals surface area contributed by atoms with Crippen LogP contribution >= 0.6 is 0 Å². The molecule has 5 heteroatoms. The van der Waals surface area contributed by atoms with Crippen molar-refractivity contribution in [2.24, 2.45) is 0 Å². The molecule has 5 rings (SSSR count). The Morgan fingerprint density at radius 2 is 1.78 bits per heavy atom. The first-order chi connectivity index (χ1) is 13.3. The zero-order valence-electron chi connectivity index (χ0n) is 16.2. The van der Waals surface area contributed by atoms with E-state index in [0.717, 1.165) is 62.7 Å². The summed E-state index contributed by atoms with van der Waals surface area (Å²) in [5.41, 5.74) is 2.40. The Hall–Kier alpha value is -1.62.